The molecular formula is C19H24N2O3. The molecule has 1 fully saturated rings. The molecule has 0 aliphatic heterocycles. The molecule has 1 aromatic carbocycles. The molecule has 2 aromatic rings. The molecule has 24 heavy (non-hydrogen) atoms. The minimum Gasteiger partial charge on any atom is -0.434 e. The molecule has 1 aliphatic rings. The van der Waals surface area contributed by atoms with Crippen LogP contribution in [0, 0.1) is 19.8 Å². The van der Waals surface area contributed by atoms with Crippen LogP contribution >= 0.6 is 0 Å². The number of aryl methyl sites for hydroxylation is 1. The fraction of sp³-hybridized carbons (Fsp3) is 0.474. The first-order valence-corrected chi connectivity index (χ1v) is 8.43. The third-order valence-electron chi connectivity index (χ3n) is 4.70. The number of nitrogens with zero attached hydrogens (tertiary/aromatic N) is 2. The number of hydrogen-bond donors (Lipinski definition) is 0. The van der Waals surface area contributed by atoms with Crippen molar-refractivity contribution in [1.82, 2.24) is 9.55 Å². The second-order valence-electron chi connectivity index (χ2n) is 6.54. The maximum absolute atomic E-state index is 11.6. The predicted octanol–water partition coefficient (Wildman–Crippen LogP) is 4.17. The predicted molar refractivity (Wildman–Crippen MR) is 90.8 cm³/mol. The van der Waals surface area contributed by atoms with E-state index in [1.54, 1.807) is 6.20 Å². The Balaban J connectivity index is 1.65. The van der Waals surface area contributed by atoms with Crippen LogP contribution in [0.15, 0.2) is 30.6 Å². The molecule has 5 nitrogen and oxygen atoms in total. The van der Waals surface area contributed by atoms with E-state index in [1.165, 1.54) is 16.7 Å². The largest absolute Gasteiger partial charge is 0.510 e. The van der Waals surface area contributed by atoms with Crippen molar-refractivity contribution in [3.63, 3.8) is 0 Å². The van der Waals surface area contributed by atoms with Gasteiger partial charge in [0.2, 0.25) is 0 Å². The Morgan fingerprint density at radius 1 is 1.33 bits per heavy atom. The van der Waals surface area contributed by atoms with Gasteiger partial charge in [-0.1, -0.05) is 25.1 Å². The van der Waals surface area contributed by atoms with Crippen LogP contribution in [0.3, 0.4) is 0 Å². The lowest BCUT2D eigenvalue weighted by molar-refractivity contribution is 0.0303. The highest BCUT2D eigenvalue weighted by Gasteiger charge is 2.23. The van der Waals surface area contributed by atoms with Crippen LogP contribution in [0.5, 0.6) is 0 Å². The Labute approximate surface area is 142 Å². The summed E-state index contributed by atoms with van der Waals surface area (Å²) < 4.78 is 12.1. The van der Waals surface area contributed by atoms with Gasteiger partial charge >= 0.3 is 6.16 Å². The van der Waals surface area contributed by atoms with E-state index in [1.807, 2.05) is 10.8 Å². The molecule has 0 amide bonds. The smallest absolute Gasteiger partial charge is 0.434 e. The van der Waals surface area contributed by atoms with Gasteiger partial charge in [-0.25, -0.2) is 9.78 Å². The Hall–Kier alpha value is -2.30. The van der Waals surface area contributed by atoms with Gasteiger partial charge in [0, 0.05) is 18.3 Å². The summed E-state index contributed by atoms with van der Waals surface area (Å²) in [6, 6.07) is 6.29. The van der Waals surface area contributed by atoms with Gasteiger partial charge in [0.25, 0.3) is 0 Å². The normalized spacial score (nSPS) is 15.1. The molecule has 0 radical (unpaired) electrons. The van der Waals surface area contributed by atoms with Gasteiger partial charge < -0.3 is 14.0 Å². The first-order chi connectivity index (χ1) is 11.6. The van der Waals surface area contributed by atoms with Gasteiger partial charge in [-0.3, -0.25) is 0 Å². The second kappa shape index (κ2) is 7.07. The summed E-state index contributed by atoms with van der Waals surface area (Å²) in [5.74, 6) is 1.52. The summed E-state index contributed by atoms with van der Waals surface area (Å²) in [5.41, 5.74) is 3.76. The van der Waals surface area contributed by atoms with E-state index in [4.69, 9.17) is 9.47 Å². The van der Waals surface area contributed by atoms with Crippen LogP contribution in [-0.4, -0.2) is 22.3 Å². The fourth-order valence-corrected chi connectivity index (χ4v) is 2.83. The maximum atomic E-state index is 11.6. The molecule has 128 valence electrons. The zero-order valence-electron chi connectivity index (χ0n) is 14.5. The van der Waals surface area contributed by atoms with E-state index in [0.717, 1.165) is 18.7 Å². The van der Waals surface area contributed by atoms with Crippen molar-refractivity contribution in [2.24, 2.45) is 5.92 Å². The zero-order valence-corrected chi connectivity index (χ0v) is 14.5. The zero-order chi connectivity index (χ0) is 17.1. The number of hydrogen-bond acceptors (Lipinski definition) is 4. The summed E-state index contributed by atoms with van der Waals surface area (Å²) in [6.07, 6.45) is 5.24. The van der Waals surface area contributed by atoms with E-state index in [9.17, 15) is 4.79 Å². The lowest BCUT2D eigenvalue weighted by Gasteiger charge is -2.17. The van der Waals surface area contributed by atoms with Crippen molar-refractivity contribution >= 4 is 6.16 Å². The number of benzene rings is 1. The molecule has 0 bridgehead atoms. The number of ether oxygens (including phenoxy) is 2. The van der Waals surface area contributed by atoms with Crippen molar-refractivity contribution in [3.05, 3.63) is 53.1 Å². The van der Waals surface area contributed by atoms with Gasteiger partial charge in [-0.15, -0.1) is 0 Å². The molecule has 1 unspecified atom stereocenters. The van der Waals surface area contributed by atoms with Crippen LogP contribution < -0.4 is 0 Å². The molecule has 0 N–H and O–H groups in total. The molecule has 0 spiro atoms. The summed E-state index contributed by atoms with van der Waals surface area (Å²) in [7, 11) is 0. The first-order valence-electron chi connectivity index (χ1n) is 8.43. The highest BCUT2D eigenvalue weighted by molar-refractivity contribution is 5.59. The molecule has 1 aromatic heterocycles. The Morgan fingerprint density at radius 2 is 2.12 bits per heavy atom. The van der Waals surface area contributed by atoms with Crippen molar-refractivity contribution < 1.29 is 14.3 Å². The SMILES string of the molecule is Cc1cccc(C(C)c2nccn2COC(=O)OCC2CC2)c1C. The van der Waals surface area contributed by atoms with Gasteiger partial charge in [0.15, 0.2) is 6.73 Å². The minimum absolute atomic E-state index is 0.117. The number of rotatable bonds is 6. The topological polar surface area (TPSA) is 53.4 Å². The van der Waals surface area contributed by atoms with E-state index in [2.05, 4.69) is 44.0 Å². The minimum atomic E-state index is -0.610. The highest BCUT2D eigenvalue weighted by atomic mass is 16.7. The lowest BCUT2D eigenvalue weighted by atomic mass is 9.93. The number of carbonyl (C=O) groups excluding carboxylic acids is 1. The number of imidazole rings is 1. The number of aromatic nitrogens is 2. The lowest BCUT2D eigenvalue weighted by Crippen LogP contribution is -2.15. The first kappa shape index (κ1) is 16.6. The summed E-state index contributed by atoms with van der Waals surface area (Å²) in [4.78, 5) is 16.1. The molecule has 5 heteroatoms. The summed E-state index contributed by atoms with van der Waals surface area (Å²) in [5, 5.41) is 0. The fourth-order valence-electron chi connectivity index (χ4n) is 2.83. The van der Waals surface area contributed by atoms with E-state index in [-0.39, 0.29) is 12.6 Å². The third-order valence-corrected chi connectivity index (χ3v) is 4.70. The highest BCUT2D eigenvalue weighted by Crippen LogP contribution is 2.29. The van der Waals surface area contributed by atoms with Crippen molar-refractivity contribution in [2.75, 3.05) is 6.61 Å². The van der Waals surface area contributed by atoms with Gasteiger partial charge in [0.05, 0.1) is 6.61 Å². The van der Waals surface area contributed by atoms with Crippen LogP contribution in [0.2, 0.25) is 0 Å². The van der Waals surface area contributed by atoms with E-state index in [0.29, 0.717) is 12.5 Å². The quantitative estimate of drug-likeness (QED) is 0.747. The number of carbonyl (C=O) groups is 1. The van der Waals surface area contributed by atoms with Crippen molar-refractivity contribution in [3.8, 4) is 0 Å². The van der Waals surface area contributed by atoms with Crippen LogP contribution in [0.25, 0.3) is 0 Å². The van der Waals surface area contributed by atoms with E-state index >= 15 is 0 Å². The van der Waals surface area contributed by atoms with Crippen molar-refractivity contribution in [2.45, 2.75) is 46.3 Å². The van der Waals surface area contributed by atoms with Gasteiger partial charge in [-0.2, -0.15) is 0 Å². The van der Waals surface area contributed by atoms with Crippen LogP contribution in [0.1, 0.15) is 48.2 Å². The monoisotopic (exact) mass is 328 g/mol. The molecule has 0 saturated heterocycles. The van der Waals surface area contributed by atoms with Crippen LogP contribution in [0.4, 0.5) is 4.79 Å². The Kier molecular flexibility index (Phi) is 4.88. The molecule has 1 aliphatic carbocycles. The Bertz CT molecular complexity index is 719. The van der Waals surface area contributed by atoms with Crippen LogP contribution in [-0.2, 0) is 16.2 Å². The standard InChI is InChI=1S/C19H24N2O3/c1-13-5-4-6-17(14(13)2)15(3)18-20-9-10-21(18)12-24-19(22)23-11-16-7-8-16/h4-6,9-10,15-16H,7-8,11-12H2,1-3H3. The average Bonchev–Trinajstić information content (AvgIpc) is 3.29. The summed E-state index contributed by atoms with van der Waals surface area (Å²) in [6.45, 7) is 6.94. The van der Waals surface area contributed by atoms with E-state index < -0.39 is 6.16 Å². The summed E-state index contributed by atoms with van der Waals surface area (Å²) >= 11 is 0. The van der Waals surface area contributed by atoms with Gasteiger partial charge in [0.1, 0.15) is 5.82 Å². The molecule has 3 rings (SSSR count). The van der Waals surface area contributed by atoms with Crippen molar-refractivity contribution in [1.29, 1.82) is 0 Å². The molecular weight excluding hydrogens is 304 g/mol. The molecule has 1 heterocycles. The maximum Gasteiger partial charge on any atom is 0.510 e. The third kappa shape index (κ3) is 3.78. The average molecular weight is 328 g/mol. The van der Waals surface area contributed by atoms with Gasteiger partial charge in [-0.05, 0) is 49.3 Å². The Morgan fingerprint density at radius 3 is 2.88 bits per heavy atom. The second-order valence-corrected chi connectivity index (χ2v) is 6.54. The molecule has 1 atom stereocenters. The molecule has 1 saturated carbocycles.